The Morgan fingerprint density at radius 2 is 1.68 bits per heavy atom. The van der Waals surface area contributed by atoms with E-state index in [4.69, 9.17) is 19.5 Å². The minimum Gasteiger partial charge on any atom is -0.475 e. The second-order valence-corrected chi connectivity index (χ2v) is 6.16. The number of carbonyl (C=O) groups excluding carboxylic acids is 1. The lowest BCUT2D eigenvalue weighted by Gasteiger charge is -2.20. The molecule has 11 heteroatoms. The molecular formula is C20H20F3N3O5. The summed E-state index contributed by atoms with van der Waals surface area (Å²) in [5.74, 6) is -2.84. The van der Waals surface area contributed by atoms with Gasteiger partial charge in [-0.2, -0.15) is 13.2 Å². The Kier molecular flexibility index (Phi) is 7.59. The van der Waals surface area contributed by atoms with E-state index >= 15 is 0 Å². The molecule has 0 unspecified atom stereocenters. The number of alkyl halides is 3. The predicted molar refractivity (Wildman–Crippen MR) is 106 cm³/mol. The van der Waals surface area contributed by atoms with Crippen LogP contribution in [0.3, 0.4) is 0 Å². The fourth-order valence-electron chi connectivity index (χ4n) is 2.66. The van der Waals surface area contributed by atoms with Crippen LogP contribution >= 0.6 is 0 Å². The number of oxazole rings is 1. The highest BCUT2D eigenvalue weighted by Crippen LogP contribution is 2.27. The molecule has 0 radical (unpaired) electrons. The molecule has 0 bridgehead atoms. The number of hydrogen-bond donors (Lipinski definition) is 3. The molecule has 1 aromatic heterocycles. The third-order valence-electron chi connectivity index (χ3n) is 4.24. The lowest BCUT2D eigenvalue weighted by Crippen LogP contribution is -2.21. The Hall–Kier alpha value is -3.60. The maximum Gasteiger partial charge on any atom is 0.490 e. The van der Waals surface area contributed by atoms with Crippen molar-refractivity contribution >= 4 is 28.7 Å². The minimum absolute atomic E-state index is 0.321. The number of amides is 1. The molecule has 0 aliphatic carbocycles. The number of anilines is 1. The summed E-state index contributed by atoms with van der Waals surface area (Å²) in [6.07, 6.45) is -5.08. The Morgan fingerprint density at radius 1 is 1.10 bits per heavy atom. The van der Waals surface area contributed by atoms with E-state index in [1.165, 1.54) is 0 Å². The van der Waals surface area contributed by atoms with Crippen LogP contribution in [-0.4, -0.2) is 46.4 Å². The molecule has 0 fully saturated rings. The van der Waals surface area contributed by atoms with E-state index < -0.39 is 18.1 Å². The number of aliphatic carboxylic acids is 1. The van der Waals surface area contributed by atoms with Gasteiger partial charge in [-0.05, 0) is 56.3 Å². The Morgan fingerprint density at radius 3 is 2.16 bits per heavy atom. The van der Waals surface area contributed by atoms with Crippen molar-refractivity contribution in [3.63, 3.8) is 0 Å². The molecule has 0 aliphatic heterocycles. The second-order valence-electron chi connectivity index (χ2n) is 6.16. The van der Waals surface area contributed by atoms with Crippen molar-refractivity contribution in [1.82, 2.24) is 10.5 Å². The minimum atomic E-state index is -5.08. The van der Waals surface area contributed by atoms with Crippen molar-refractivity contribution in [3.8, 4) is 11.5 Å². The number of carboxylic acids is 1. The summed E-state index contributed by atoms with van der Waals surface area (Å²) in [6, 6.07) is 12.9. The van der Waals surface area contributed by atoms with E-state index in [0.29, 0.717) is 22.6 Å². The molecule has 2 aromatic carbocycles. The maximum absolute atomic E-state index is 11.5. The fraction of sp³-hybridized carbons (Fsp3) is 0.250. The van der Waals surface area contributed by atoms with Crippen LogP contribution in [-0.2, 0) is 4.79 Å². The molecule has 0 atom stereocenters. The normalized spacial score (nSPS) is 10.9. The number of benzene rings is 2. The molecule has 3 aromatic rings. The van der Waals surface area contributed by atoms with Gasteiger partial charge < -0.3 is 14.4 Å². The predicted octanol–water partition coefficient (Wildman–Crippen LogP) is 4.09. The maximum atomic E-state index is 11.5. The molecule has 8 nitrogen and oxygen atoms in total. The SMILES string of the molecule is CCN(CC)c1ccc(-c2nc3cc(C(=O)NO)ccc3o2)cc1.O=C(O)C(F)(F)F. The number of nitrogens with one attached hydrogen (secondary N) is 1. The highest BCUT2D eigenvalue weighted by molar-refractivity contribution is 5.96. The van der Waals surface area contributed by atoms with Crippen molar-refractivity contribution in [1.29, 1.82) is 0 Å². The van der Waals surface area contributed by atoms with Gasteiger partial charge in [0.1, 0.15) is 5.52 Å². The summed E-state index contributed by atoms with van der Waals surface area (Å²) in [7, 11) is 0. The van der Waals surface area contributed by atoms with Crippen molar-refractivity contribution < 1.29 is 37.5 Å². The first-order chi connectivity index (χ1) is 14.6. The average Bonchev–Trinajstić information content (AvgIpc) is 3.17. The second kappa shape index (κ2) is 9.94. The van der Waals surface area contributed by atoms with Crippen molar-refractivity contribution in [2.24, 2.45) is 0 Å². The fourth-order valence-corrected chi connectivity index (χ4v) is 2.66. The zero-order valence-electron chi connectivity index (χ0n) is 16.6. The summed E-state index contributed by atoms with van der Waals surface area (Å²) in [6.45, 7) is 6.15. The van der Waals surface area contributed by atoms with Gasteiger partial charge in [0.2, 0.25) is 5.89 Å². The number of fused-ring (bicyclic) bond motifs is 1. The Balaban J connectivity index is 0.000000423. The van der Waals surface area contributed by atoms with Crippen molar-refractivity contribution in [2.75, 3.05) is 18.0 Å². The van der Waals surface area contributed by atoms with Gasteiger partial charge in [0.15, 0.2) is 5.58 Å². The van der Waals surface area contributed by atoms with E-state index in [1.807, 2.05) is 24.3 Å². The first-order valence-corrected chi connectivity index (χ1v) is 9.11. The number of rotatable bonds is 5. The third kappa shape index (κ3) is 5.95. The molecule has 1 amide bonds. The number of nitrogens with zero attached hydrogens (tertiary/aromatic N) is 2. The van der Waals surface area contributed by atoms with Crippen LogP contribution in [0, 0.1) is 0 Å². The first kappa shape index (κ1) is 23.7. The summed E-state index contributed by atoms with van der Waals surface area (Å²) >= 11 is 0. The van der Waals surface area contributed by atoms with Crippen LogP contribution < -0.4 is 10.4 Å². The molecular weight excluding hydrogens is 419 g/mol. The van der Waals surface area contributed by atoms with Crippen LogP contribution in [0.15, 0.2) is 46.9 Å². The summed E-state index contributed by atoms with van der Waals surface area (Å²) in [5.41, 5.74) is 5.11. The van der Waals surface area contributed by atoms with E-state index in [1.54, 1.807) is 23.7 Å². The third-order valence-corrected chi connectivity index (χ3v) is 4.24. The van der Waals surface area contributed by atoms with Gasteiger partial charge in [-0.1, -0.05) is 0 Å². The van der Waals surface area contributed by atoms with Gasteiger partial charge in [-0.15, -0.1) is 0 Å². The van der Waals surface area contributed by atoms with E-state index in [-0.39, 0.29) is 0 Å². The van der Waals surface area contributed by atoms with Gasteiger partial charge in [-0.3, -0.25) is 10.0 Å². The largest absolute Gasteiger partial charge is 0.490 e. The van der Waals surface area contributed by atoms with Gasteiger partial charge in [-0.25, -0.2) is 15.3 Å². The zero-order valence-corrected chi connectivity index (χ0v) is 16.6. The summed E-state index contributed by atoms with van der Waals surface area (Å²) < 4.78 is 37.5. The van der Waals surface area contributed by atoms with E-state index in [2.05, 4.69) is 23.7 Å². The van der Waals surface area contributed by atoms with Gasteiger partial charge in [0.05, 0.1) is 0 Å². The van der Waals surface area contributed by atoms with Crippen LogP contribution in [0.2, 0.25) is 0 Å². The monoisotopic (exact) mass is 439 g/mol. The lowest BCUT2D eigenvalue weighted by atomic mass is 10.2. The number of hydrogen-bond acceptors (Lipinski definition) is 6. The summed E-state index contributed by atoms with van der Waals surface area (Å²) in [4.78, 5) is 27.1. The molecule has 0 spiro atoms. The zero-order chi connectivity index (χ0) is 23.2. The standard InChI is InChI=1S/C18H19N3O3.C2HF3O2/c1-3-21(4-2)14-8-5-12(6-9-14)18-19-15-11-13(17(22)20-23)7-10-16(15)24-18;3-2(4,5)1(6)7/h5-11,23H,3-4H2,1-2H3,(H,20,22);(H,6,7). The van der Waals surface area contributed by atoms with Gasteiger partial charge >= 0.3 is 12.1 Å². The van der Waals surface area contributed by atoms with Gasteiger partial charge in [0, 0.05) is 29.9 Å². The lowest BCUT2D eigenvalue weighted by molar-refractivity contribution is -0.192. The molecule has 31 heavy (non-hydrogen) atoms. The van der Waals surface area contributed by atoms with E-state index in [9.17, 15) is 18.0 Å². The van der Waals surface area contributed by atoms with Crippen molar-refractivity contribution in [2.45, 2.75) is 20.0 Å². The topological polar surface area (TPSA) is 116 Å². The number of carbonyl (C=O) groups is 2. The molecule has 0 saturated heterocycles. The van der Waals surface area contributed by atoms with Crippen LogP contribution in [0.1, 0.15) is 24.2 Å². The molecule has 1 heterocycles. The quantitative estimate of drug-likeness (QED) is 0.405. The van der Waals surface area contributed by atoms with Crippen molar-refractivity contribution in [3.05, 3.63) is 48.0 Å². The highest BCUT2D eigenvalue weighted by Gasteiger charge is 2.38. The molecule has 3 rings (SSSR count). The Bertz CT molecular complexity index is 1040. The van der Waals surface area contributed by atoms with Crippen LogP contribution in [0.25, 0.3) is 22.6 Å². The highest BCUT2D eigenvalue weighted by atomic mass is 19.4. The molecule has 166 valence electrons. The number of hydroxylamine groups is 1. The van der Waals surface area contributed by atoms with Crippen LogP contribution in [0.5, 0.6) is 0 Å². The Labute approximate surface area is 174 Å². The average molecular weight is 439 g/mol. The number of aromatic nitrogens is 1. The number of carboxylic acid groups (broad SMARTS) is 1. The molecule has 3 N–H and O–H groups in total. The molecule has 0 aliphatic rings. The molecule has 0 saturated carbocycles. The van der Waals surface area contributed by atoms with Gasteiger partial charge in [0.25, 0.3) is 5.91 Å². The van der Waals surface area contributed by atoms with E-state index in [0.717, 1.165) is 24.3 Å². The number of halogens is 3. The van der Waals surface area contributed by atoms with Crippen LogP contribution in [0.4, 0.5) is 18.9 Å². The summed E-state index contributed by atoms with van der Waals surface area (Å²) in [5, 5.41) is 15.8. The smallest absolute Gasteiger partial charge is 0.475 e. The first-order valence-electron chi connectivity index (χ1n) is 9.11.